The summed E-state index contributed by atoms with van der Waals surface area (Å²) in [5, 5.41) is 5.24. The average Bonchev–Trinajstić information content (AvgIpc) is 3.43. The van der Waals surface area contributed by atoms with Crippen LogP contribution in [0.25, 0.3) is 54.9 Å². The summed E-state index contributed by atoms with van der Waals surface area (Å²) in [4.78, 5) is 2.66. The molecule has 0 fully saturated rings. The molecule has 0 atom stereocenters. The van der Waals surface area contributed by atoms with E-state index in [-0.39, 0.29) is 0 Å². The Hall–Kier alpha value is -5.37. The van der Waals surface area contributed by atoms with Crippen molar-refractivity contribution in [3.05, 3.63) is 192 Å². The van der Waals surface area contributed by atoms with Crippen molar-refractivity contribution in [1.82, 2.24) is 0 Å². The standard InChI is InChI=1S/C45H28S/c1-3-13-31(14-4-1)45(32-15-5-2-6-16-32)40-28-30(23-24-35(40)39-25-22-29-12-7-8-17-34(29)44(39)45)33-26-27-42-43-37(33)19-11-20-38(43)36-18-9-10-21-41(36)46-42/h1-28H. The van der Waals surface area contributed by atoms with Gasteiger partial charge in [0.15, 0.2) is 0 Å². The van der Waals surface area contributed by atoms with Gasteiger partial charge in [-0.2, -0.15) is 0 Å². The first-order chi connectivity index (χ1) is 22.8. The fourth-order valence-electron chi connectivity index (χ4n) is 8.27. The van der Waals surface area contributed by atoms with E-state index in [4.69, 9.17) is 0 Å². The van der Waals surface area contributed by atoms with Crippen molar-refractivity contribution in [2.24, 2.45) is 0 Å². The van der Waals surface area contributed by atoms with Crippen molar-refractivity contribution < 1.29 is 0 Å². The van der Waals surface area contributed by atoms with Crippen molar-refractivity contribution >= 4 is 33.3 Å². The molecule has 0 radical (unpaired) electrons. The molecule has 0 nitrogen and oxygen atoms in total. The van der Waals surface area contributed by atoms with E-state index in [0.717, 1.165) is 0 Å². The molecule has 214 valence electrons. The van der Waals surface area contributed by atoms with Gasteiger partial charge in [0.1, 0.15) is 0 Å². The summed E-state index contributed by atoms with van der Waals surface area (Å²) in [5.74, 6) is 0. The van der Waals surface area contributed by atoms with Gasteiger partial charge < -0.3 is 0 Å². The molecule has 0 bridgehead atoms. The predicted molar refractivity (Wildman–Crippen MR) is 194 cm³/mol. The summed E-state index contributed by atoms with van der Waals surface area (Å²) < 4.78 is 0. The van der Waals surface area contributed by atoms with Crippen LogP contribution >= 0.6 is 11.8 Å². The van der Waals surface area contributed by atoms with E-state index in [1.807, 2.05) is 11.8 Å². The first-order valence-corrected chi connectivity index (χ1v) is 16.8. The van der Waals surface area contributed by atoms with E-state index < -0.39 is 5.41 Å². The van der Waals surface area contributed by atoms with E-state index in [1.54, 1.807) is 0 Å². The highest BCUT2D eigenvalue weighted by Crippen LogP contribution is 2.59. The smallest absolute Gasteiger partial charge is 0.0719 e. The lowest BCUT2D eigenvalue weighted by Crippen LogP contribution is -2.28. The summed E-state index contributed by atoms with van der Waals surface area (Å²) in [6, 6.07) is 63.3. The fourth-order valence-corrected chi connectivity index (χ4v) is 9.40. The van der Waals surface area contributed by atoms with Crippen LogP contribution < -0.4 is 0 Å². The molecule has 8 aromatic carbocycles. The number of fused-ring (bicyclic) bond motifs is 7. The zero-order chi connectivity index (χ0) is 30.2. The molecule has 2 aliphatic rings. The van der Waals surface area contributed by atoms with Crippen molar-refractivity contribution in [2.45, 2.75) is 15.2 Å². The van der Waals surface area contributed by atoms with E-state index in [9.17, 15) is 0 Å². The van der Waals surface area contributed by atoms with Crippen LogP contribution in [0.3, 0.4) is 0 Å². The lowest BCUT2D eigenvalue weighted by Gasteiger charge is -2.35. The van der Waals surface area contributed by atoms with Crippen LogP contribution in [0.4, 0.5) is 0 Å². The van der Waals surface area contributed by atoms with Crippen molar-refractivity contribution in [2.75, 3.05) is 0 Å². The zero-order valence-electron chi connectivity index (χ0n) is 25.1. The Labute approximate surface area is 273 Å². The molecule has 1 heterocycles. The first-order valence-electron chi connectivity index (χ1n) is 15.9. The molecule has 0 aromatic heterocycles. The van der Waals surface area contributed by atoms with Gasteiger partial charge in [-0.1, -0.05) is 163 Å². The Morgan fingerprint density at radius 3 is 1.87 bits per heavy atom. The fraction of sp³-hybridized carbons (Fsp3) is 0.0222. The summed E-state index contributed by atoms with van der Waals surface area (Å²) in [7, 11) is 0. The molecule has 1 aliphatic carbocycles. The van der Waals surface area contributed by atoms with Gasteiger partial charge in [-0.15, -0.1) is 0 Å². The van der Waals surface area contributed by atoms with Gasteiger partial charge in [0.2, 0.25) is 0 Å². The summed E-state index contributed by atoms with van der Waals surface area (Å²) in [6.45, 7) is 0. The Bertz CT molecular complexity index is 2450. The van der Waals surface area contributed by atoms with Crippen LogP contribution in [0.5, 0.6) is 0 Å². The first kappa shape index (κ1) is 25.9. The molecule has 0 N–H and O–H groups in total. The number of hydrogen-bond donors (Lipinski definition) is 0. The highest BCUT2D eigenvalue weighted by Gasteiger charge is 2.47. The van der Waals surface area contributed by atoms with Crippen molar-refractivity contribution in [1.29, 1.82) is 0 Å². The second-order valence-corrected chi connectivity index (χ2v) is 13.5. The molecule has 0 saturated heterocycles. The van der Waals surface area contributed by atoms with Crippen LogP contribution in [0, 0.1) is 0 Å². The van der Waals surface area contributed by atoms with Crippen LogP contribution in [0.2, 0.25) is 0 Å². The maximum Gasteiger partial charge on any atom is 0.0719 e. The third-order valence-corrected chi connectivity index (χ3v) is 11.3. The van der Waals surface area contributed by atoms with Gasteiger partial charge >= 0.3 is 0 Å². The van der Waals surface area contributed by atoms with E-state index >= 15 is 0 Å². The zero-order valence-corrected chi connectivity index (χ0v) is 25.9. The molecular formula is C45H28S. The van der Waals surface area contributed by atoms with E-state index in [0.29, 0.717) is 0 Å². The van der Waals surface area contributed by atoms with Crippen LogP contribution in [-0.2, 0) is 5.41 Å². The predicted octanol–water partition coefficient (Wildman–Crippen LogP) is 12.2. The Balaban J connectivity index is 1.30. The largest absolute Gasteiger partial charge is 0.0888 e. The highest BCUT2D eigenvalue weighted by molar-refractivity contribution is 7.99. The average molecular weight is 601 g/mol. The molecule has 0 amide bonds. The molecule has 10 rings (SSSR count). The van der Waals surface area contributed by atoms with E-state index in [1.165, 1.54) is 87.0 Å². The molecular weight excluding hydrogens is 573 g/mol. The molecule has 1 aliphatic heterocycles. The van der Waals surface area contributed by atoms with Gasteiger partial charge in [-0.25, -0.2) is 0 Å². The lowest BCUT2D eigenvalue weighted by molar-refractivity contribution is 0.776. The Morgan fingerprint density at radius 1 is 0.391 bits per heavy atom. The SMILES string of the molecule is c1ccc(C2(c3ccccc3)c3cc(-c4ccc5c6c(cccc46)-c4ccccc4S5)ccc3-c3ccc4ccccc4c32)cc1. The minimum Gasteiger partial charge on any atom is -0.0888 e. The quantitative estimate of drug-likeness (QED) is 0.194. The number of benzene rings is 8. The van der Waals surface area contributed by atoms with Gasteiger partial charge in [-0.05, 0) is 90.0 Å². The molecule has 0 unspecified atom stereocenters. The van der Waals surface area contributed by atoms with Crippen molar-refractivity contribution in [3.8, 4) is 33.4 Å². The molecule has 1 heteroatoms. The van der Waals surface area contributed by atoms with Gasteiger partial charge in [0.25, 0.3) is 0 Å². The Kier molecular flexibility index (Phi) is 5.53. The molecule has 8 aromatic rings. The minimum absolute atomic E-state index is 0.467. The van der Waals surface area contributed by atoms with Gasteiger partial charge in [0, 0.05) is 15.2 Å². The second kappa shape index (κ2) is 9.81. The Morgan fingerprint density at radius 2 is 1.04 bits per heavy atom. The minimum atomic E-state index is -0.467. The molecule has 0 saturated carbocycles. The van der Waals surface area contributed by atoms with Crippen LogP contribution in [-0.4, -0.2) is 0 Å². The topological polar surface area (TPSA) is 0 Å². The van der Waals surface area contributed by atoms with E-state index in [2.05, 4.69) is 170 Å². The monoisotopic (exact) mass is 600 g/mol. The van der Waals surface area contributed by atoms with Gasteiger partial charge in [-0.3, -0.25) is 0 Å². The van der Waals surface area contributed by atoms with Gasteiger partial charge in [0.05, 0.1) is 5.41 Å². The number of hydrogen-bond acceptors (Lipinski definition) is 1. The summed E-state index contributed by atoms with van der Waals surface area (Å²) >= 11 is 1.89. The maximum atomic E-state index is 2.50. The third-order valence-electron chi connectivity index (χ3n) is 10.1. The van der Waals surface area contributed by atoms with Crippen LogP contribution in [0.15, 0.2) is 180 Å². The normalized spacial score (nSPS) is 13.7. The highest BCUT2D eigenvalue weighted by atomic mass is 32.2. The summed E-state index contributed by atoms with van der Waals surface area (Å²) in [6.07, 6.45) is 0. The lowest BCUT2D eigenvalue weighted by atomic mass is 9.66. The number of rotatable bonds is 3. The molecule has 46 heavy (non-hydrogen) atoms. The maximum absolute atomic E-state index is 2.50. The third kappa shape index (κ3) is 3.47. The summed E-state index contributed by atoms with van der Waals surface area (Å²) in [5.41, 5.74) is 12.6. The van der Waals surface area contributed by atoms with Crippen molar-refractivity contribution in [3.63, 3.8) is 0 Å². The molecule has 0 spiro atoms. The second-order valence-electron chi connectivity index (χ2n) is 12.4. The van der Waals surface area contributed by atoms with Crippen LogP contribution in [0.1, 0.15) is 22.3 Å².